The van der Waals surface area contributed by atoms with Crippen molar-refractivity contribution >= 4 is 17.5 Å². The molecule has 0 aliphatic carbocycles. The molecule has 0 spiro atoms. The highest BCUT2D eigenvalue weighted by Crippen LogP contribution is 2.17. The summed E-state index contributed by atoms with van der Waals surface area (Å²) in [5.74, 6) is 0.770. The number of hydrogen-bond acceptors (Lipinski definition) is 5. The molecular formula is C24H28N4O3. The maximum absolute atomic E-state index is 13.0. The number of hydrazone groups is 1. The number of ether oxygens (including phenoxy) is 1. The number of carbonyl (C=O) groups excluding carboxylic acids is 2. The van der Waals surface area contributed by atoms with Gasteiger partial charge in [0.2, 0.25) is 5.91 Å². The van der Waals surface area contributed by atoms with E-state index in [4.69, 9.17) is 4.74 Å². The molecule has 2 heterocycles. The van der Waals surface area contributed by atoms with Crippen molar-refractivity contribution in [1.82, 2.24) is 14.8 Å². The third-order valence-electron chi connectivity index (χ3n) is 5.75. The van der Waals surface area contributed by atoms with E-state index >= 15 is 0 Å². The van der Waals surface area contributed by atoms with Crippen LogP contribution in [0.3, 0.4) is 0 Å². The number of rotatable bonds is 6. The van der Waals surface area contributed by atoms with Crippen LogP contribution in [0.5, 0.6) is 5.75 Å². The van der Waals surface area contributed by atoms with Gasteiger partial charge in [-0.3, -0.25) is 14.5 Å². The summed E-state index contributed by atoms with van der Waals surface area (Å²) in [5, 5.41) is 5.86. The van der Waals surface area contributed by atoms with E-state index in [2.05, 4.69) is 22.1 Å². The Balaban J connectivity index is 1.33. The van der Waals surface area contributed by atoms with Gasteiger partial charge in [-0.15, -0.1) is 0 Å². The molecule has 7 nitrogen and oxygen atoms in total. The van der Waals surface area contributed by atoms with Gasteiger partial charge in [0.15, 0.2) is 0 Å². The second-order valence-electron chi connectivity index (χ2n) is 7.90. The predicted molar refractivity (Wildman–Crippen MR) is 119 cm³/mol. The summed E-state index contributed by atoms with van der Waals surface area (Å²) in [6.07, 6.45) is 0.740. The van der Waals surface area contributed by atoms with Gasteiger partial charge in [-0.1, -0.05) is 42.5 Å². The largest absolute Gasteiger partial charge is 0.497 e. The van der Waals surface area contributed by atoms with Crippen LogP contribution >= 0.6 is 0 Å². The number of piperazine rings is 1. The van der Waals surface area contributed by atoms with Gasteiger partial charge in [-0.25, -0.2) is 5.01 Å². The van der Waals surface area contributed by atoms with Crippen LogP contribution in [-0.2, 0) is 22.7 Å². The van der Waals surface area contributed by atoms with E-state index < -0.39 is 0 Å². The topological polar surface area (TPSA) is 65.5 Å². The Labute approximate surface area is 182 Å². The molecule has 2 aromatic carbocycles. The number of nitrogens with zero attached hydrogens (tertiary/aromatic N) is 4. The van der Waals surface area contributed by atoms with Gasteiger partial charge in [-0.05, 0) is 23.3 Å². The lowest BCUT2D eigenvalue weighted by atomic mass is 10.1. The van der Waals surface area contributed by atoms with Crippen molar-refractivity contribution in [2.75, 3.05) is 33.3 Å². The number of carbonyl (C=O) groups is 2. The highest BCUT2D eigenvalue weighted by molar-refractivity contribution is 6.39. The quantitative estimate of drug-likeness (QED) is 0.720. The molecule has 2 amide bonds. The third kappa shape index (κ3) is 5.30. The van der Waals surface area contributed by atoms with E-state index in [1.807, 2.05) is 47.4 Å². The first kappa shape index (κ1) is 21.1. The first-order valence-corrected chi connectivity index (χ1v) is 10.7. The van der Waals surface area contributed by atoms with E-state index in [-0.39, 0.29) is 11.8 Å². The molecule has 1 fully saturated rings. The van der Waals surface area contributed by atoms with Gasteiger partial charge in [0.1, 0.15) is 11.5 Å². The summed E-state index contributed by atoms with van der Waals surface area (Å²) in [6, 6.07) is 17.8. The number of amides is 2. The standard InChI is InChI=1S/C24H28N4O3/c1-31-21-9-7-20(8-10-21)17-26-13-15-27(16-14-26)24(30)22-11-12-23(29)28(25-22)18-19-5-3-2-4-6-19/h2-10H,11-18H2,1H3. The maximum atomic E-state index is 13.0. The van der Waals surface area contributed by atoms with Crippen molar-refractivity contribution in [3.63, 3.8) is 0 Å². The summed E-state index contributed by atoms with van der Waals surface area (Å²) >= 11 is 0. The van der Waals surface area contributed by atoms with E-state index in [0.29, 0.717) is 38.2 Å². The molecule has 1 saturated heterocycles. The Kier molecular flexibility index (Phi) is 6.62. The van der Waals surface area contributed by atoms with Crippen LogP contribution in [0, 0.1) is 0 Å². The molecule has 0 aromatic heterocycles. The molecule has 2 aliphatic rings. The van der Waals surface area contributed by atoms with E-state index in [9.17, 15) is 9.59 Å². The van der Waals surface area contributed by atoms with Crippen molar-refractivity contribution in [2.24, 2.45) is 5.10 Å². The van der Waals surface area contributed by atoms with Crippen LogP contribution in [0.15, 0.2) is 59.7 Å². The van der Waals surface area contributed by atoms with Gasteiger partial charge in [0, 0.05) is 45.6 Å². The molecule has 7 heteroatoms. The van der Waals surface area contributed by atoms with Gasteiger partial charge >= 0.3 is 0 Å². The molecule has 2 aromatic rings. The average molecular weight is 421 g/mol. The fourth-order valence-corrected chi connectivity index (χ4v) is 3.92. The Morgan fingerprint density at radius 3 is 2.26 bits per heavy atom. The van der Waals surface area contributed by atoms with E-state index in [1.165, 1.54) is 10.6 Å². The molecule has 162 valence electrons. The normalized spacial score (nSPS) is 17.5. The second kappa shape index (κ2) is 9.75. The molecule has 0 atom stereocenters. The average Bonchev–Trinajstić information content (AvgIpc) is 2.82. The molecule has 0 unspecified atom stereocenters. The van der Waals surface area contributed by atoms with Crippen molar-refractivity contribution in [3.8, 4) is 5.75 Å². The van der Waals surface area contributed by atoms with Crippen LogP contribution in [-0.4, -0.2) is 65.6 Å². The van der Waals surface area contributed by atoms with E-state index in [1.54, 1.807) is 7.11 Å². The number of methoxy groups -OCH3 is 1. The fraction of sp³-hybridized carbons (Fsp3) is 0.375. The lowest BCUT2D eigenvalue weighted by Crippen LogP contribution is -2.51. The lowest BCUT2D eigenvalue weighted by molar-refractivity contribution is -0.132. The number of benzene rings is 2. The first-order chi connectivity index (χ1) is 15.1. The zero-order valence-corrected chi connectivity index (χ0v) is 17.9. The van der Waals surface area contributed by atoms with Crippen molar-refractivity contribution in [2.45, 2.75) is 25.9 Å². The zero-order valence-electron chi connectivity index (χ0n) is 17.9. The highest BCUT2D eigenvalue weighted by atomic mass is 16.5. The van der Waals surface area contributed by atoms with E-state index in [0.717, 1.165) is 30.9 Å². The number of hydrogen-bond donors (Lipinski definition) is 0. The molecule has 4 rings (SSSR count). The van der Waals surface area contributed by atoms with Gasteiger partial charge in [0.05, 0.1) is 13.7 Å². The van der Waals surface area contributed by atoms with Gasteiger partial charge in [-0.2, -0.15) is 5.10 Å². The molecule has 0 N–H and O–H groups in total. The molecule has 0 saturated carbocycles. The minimum atomic E-state index is -0.0466. The third-order valence-corrected chi connectivity index (χ3v) is 5.75. The Morgan fingerprint density at radius 2 is 1.58 bits per heavy atom. The summed E-state index contributed by atoms with van der Waals surface area (Å²) in [5.41, 5.74) is 2.71. The molecule has 0 bridgehead atoms. The maximum Gasteiger partial charge on any atom is 0.270 e. The van der Waals surface area contributed by atoms with Crippen LogP contribution in [0.25, 0.3) is 0 Å². The first-order valence-electron chi connectivity index (χ1n) is 10.7. The SMILES string of the molecule is COc1ccc(CN2CCN(C(=O)C3=NN(Cc4ccccc4)C(=O)CC3)CC2)cc1. The minimum absolute atomic E-state index is 0.0373. The summed E-state index contributed by atoms with van der Waals surface area (Å²) in [4.78, 5) is 29.5. The highest BCUT2D eigenvalue weighted by Gasteiger charge is 2.29. The van der Waals surface area contributed by atoms with Crippen LogP contribution in [0.2, 0.25) is 0 Å². The van der Waals surface area contributed by atoms with Gasteiger partial charge in [0.25, 0.3) is 5.91 Å². The van der Waals surface area contributed by atoms with Gasteiger partial charge < -0.3 is 9.64 Å². The summed E-state index contributed by atoms with van der Waals surface area (Å²) < 4.78 is 5.21. The molecule has 31 heavy (non-hydrogen) atoms. The smallest absolute Gasteiger partial charge is 0.270 e. The predicted octanol–water partition coefficient (Wildman–Crippen LogP) is 2.52. The van der Waals surface area contributed by atoms with Crippen LogP contribution in [0.1, 0.15) is 24.0 Å². The molecule has 0 radical (unpaired) electrons. The monoisotopic (exact) mass is 420 g/mol. The minimum Gasteiger partial charge on any atom is -0.497 e. The van der Waals surface area contributed by atoms with Crippen LogP contribution in [0.4, 0.5) is 0 Å². The van der Waals surface area contributed by atoms with Crippen molar-refractivity contribution in [3.05, 3.63) is 65.7 Å². The zero-order chi connectivity index (χ0) is 21.6. The fourth-order valence-electron chi connectivity index (χ4n) is 3.92. The van der Waals surface area contributed by atoms with Crippen molar-refractivity contribution in [1.29, 1.82) is 0 Å². The second-order valence-corrected chi connectivity index (χ2v) is 7.90. The lowest BCUT2D eigenvalue weighted by Gasteiger charge is -2.35. The summed E-state index contributed by atoms with van der Waals surface area (Å²) in [7, 11) is 1.67. The summed E-state index contributed by atoms with van der Waals surface area (Å²) in [6.45, 7) is 4.22. The molecule has 2 aliphatic heterocycles. The van der Waals surface area contributed by atoms with Crippen LogP contribution < -0.4 is 4.74 Å². The Bertz CT molecular complexity index is 935. The Morgan fingerprint density at radius 1 is 0.903 bits per heavy atom. The molecular weight excluding hydrogens is 392 g/mol. The Hall–Kier alpha value is -3.19. The van der Waals surface area contributed by atoms with Crippen molar-refractivity contribution < 1.29 is 14.3 Å².